The van der Waals surface area contributed by atoms with Gasteiger partial charge in [-0.05, 0) is 49.2 Å². The fourth-order valence-corrected chi connectivity index (χ4v) is 5.04. The number of hydrogen-bond donors (Lipinski definition) is 0. The van der Waals surface area contributed by atoms with Crippen molar-refractivity contribution in [3.05, 3.63) is 58.4 Å². The Hall–Kier alpha value is -1.93. The van der Waals surface area contributed by atoms with Crippen LogP contribution in [0.5, 0.6) is 0 Å². The summed E-state index contributed by atoms with van der Waals surface area (Å²) in [5, 5.41) is 0.464. The highest BCUT2D eigenvalue weighted by Gasteiger charge is 2.29. The number of hydrogen-bond acceptors (Lipinski definition) is 5. The van der Waals surface area contributed by atoms with Crippen LogP contribution in [0.2, 0.25) is 5.02 Å². The van der Waals surface area contributed by atoms with E-state index in [0.717, 1.165) is 22.2 Å². The Balaban J connectivity index is 1.42. The van der Waals surface area contributed by atoms with Crippen molar-refractivity contribution in [3.63, 3.8) is 0 Å². The molecule has 0 N–H and O–H groups in total. The van der Waals surface area contributed by atoms with Crippen LogP contribution >= 0.6 is 11.6 Å². The van der Waals surface area contributed by atoms with Gasteiger partial charge in [0.25, 0.3) is 0 Å². The van der Waals surface area contributed by atoms with E-state index in [2.05, 4.69) is 9.88 Å². The molecular formula is C20H22ClN3O3S. The minimum atomic E-state index is -3.54. The highest BCUT2D eigenvalue weighted by molar-refractivity contribution is 7.89. The van der Waals surface area contributed by atoms with E-state index in [1.807, 2.05) is 32.0 Å². The van der Waals surface area contributed by atoms with E-state index in [1.54, 1.807) is 12.1 Å². The standard InChI is InChI=1S/C20H22ClN3O3S/c1-14-3-6-18-19(11-14)27-20(22-18)13-23-7-9-24(10-8-23)28(25,26)16-5-4-15(2)17(21)12-16/h3-6,11-12H,7-10,13H2,1-2H3. The molecule has 0 amide bonds. The van der Waals surface area contributed by atoms with Crippen LogP contribution in [0.15, 0.2) is 45.7 Å². The zero-order valence-electron chi connectivity index (χ0n) is 15.9. The molecule has 1 aromatic heterocycles. The molecule has 2 aromatic carbocycles. The molecule has 4 rings (SSSR count). The lowest BCUT2D eigenvalue weighted by molar-refractivity contribution is 0.169. The molecule has 0 spiro atoms. The second kappa shape index (κ2) is 7.48. The fourth-order valence-electron chi connectivity index (χ4n) is 3.35. The molecule has 3 aromatic rings. The van der Waals surface area contributed by atoms with Gasteiger partial charge in [0.1, 0.15) is 5.52 Å². The number of fused-ring (bicyclic) bond motifs is 1. The predicted molar refractivity (Wildman–Crippen MR) is 109 cm³/mol. The van der Waals surface area contributed by atoms with Gasteiger partial charge in [0, 0.05) is 31.2 Å². The minimum absolute atomic E-state index is 0.242. The number of aromatic nitrogens is 1. The zero-order valence-corrected chi connectivity index (χ0v) is 17.4. The molecule has 1 saturated heterocycles. The van der Waals surface area contributed by atoms with Crippen LogP contribution in [0.25, 0.3) is 11.1 Å². The number of aryl methyl sites for hydroxylation is 2. The average molecular weight is 420 g/mol. The summed E-state index contributed by atoms with van der Waals surface area (Å²) in [5.74, 6) is 0.655. The normalized spacial score (nSPS) is 16.7. The van der Waals surface area contributed by atoms with Crippen molar-refractivity contribution >= 4 is 32.7 Å². The molecule has 28 heavy (non-hydrogen) atoms. The van der Waals surface area contributed by atoms with Gasteiger partial charge in [-0.1, -0.05) is 23.7 Å². The molecule has 1 aliphatic heterocycles. The molecule has 2 heterocycles. The molecule has 0 unspecified atom stereocenters. The maximum Gasteiger partial charge on any atom is 0.243 e. The Kier molecular flexibility index (Phi) is 5.18. The first-order chi connectivity index (χ1) is 13.3. The summed E-state index contributed by atoms with van der Waals surface area (Å²) in [5.41, 5.74) is 3.62. The first-order valence-corrected chi connectivity index (χ1v) is 11.0. The zero-order chi connectivity index (χ0) is 19.9. The van der Waals surface area contributed by atoms with Crippen molar-refractivity contribution in [2.24, 2.45) is 0 Å². The predicted octanol–water partition coefficient (Wildman–Crippen LogP) is 3.60. The SMILES string of the molecule is Cc1ccc2nc(CN3CCN(S(=O)(=O)c4ccc(C)c(Cl)c4)CC3)oc2c1. The van der Waals surface area contributed by atoms with Crippen LogP contribution < -0.4 is 0 Å². The third-order valence-corrected chi connectivity index (χ3v) is 7.36. The molecule has 0 atom stereocenters. The van der Waals surface area contributed by atoms with Crippen LogP contribution in [0, 0.1) is 13.8 Å². The summed E-state index contributed by atoms with van der Waals surface area (Å²) in [6.45, 7) is 6.53. The van der Waals surface area contributed by atoms with Crippen LogP contribution in [-0.2, 0) is 16.6 Å². The Morgan fingerprint density at radius 2 is 1.82 bits per heavy atom. The molecule has 0 bridgehead atoms. The summed E-state index contributed by atoms with van der Waals surface area (Å²) < 4.78 is 33.1. The molecule has 0 saturated carbocycles. The van der Waals surface area contributed by atoms with E-state index in [4.69, 9.17) is 16.0 Å². The highest BCUT2D eigenvalue weighted by Crippen LogP contribution is 2.24. The van der Waals surface area contributed by atoms with Crippen LogP contribution in [0.1, 0.15) is 17.0 Å². The molecule has 0 aliphatic carbocycles. The number of rotatable bonds is 4. The molecule has 148 valence electrons. The van der Waals surface area contributed by atoms with Gasteiger partial charge in [0.2, 0.25) is 15.9 Å². The Bertz CT molecular complexity index is 1120. The lowest BCUT2D eigenvalue weighted by atomic mass is 10.2. The molecule has 6 nitrogen and oxygen atoms in total. The van der Waals surface area contributed by atoms with E-state index < -0.39 is 10.0 Å². The highest BCUT2D eigenvalue weighted by atomic mass is 35.5. The second-order valence-corrected chi connectivity index (χ2v) is 9.52. The first-order valence-electron chi connectivity index (χ1n) is 9.18. The topological polar surface area (TPSA) is 66.7 Å². The number of halogens is 1. The van der Waals surface area contributed by atoms with Gasteiger partial charge < -0.3 is 4.42 Å². The summed E-state index contributed by atoms with van der Waals surface area (Å²) in [7, 11) is -3.54. The van der Waals surface area contributed by atoms with Crippen LogP contribution in [0.4, 0.5) is 0 Å². The molecule has 1 fully saturated rings. The Morgan fingerprint density at radius 3 is 2.54 bits per heavy atom. The Morgan fingerprint density at radius 1 is 1.07 bits per heavy atom. The minimum Gasteiger partial charge on any atom is -0.439 e. The van der Waals surface area contributed by atoms with Gasteiger partial charge >= 0.3 is 0 Å². The van der Waals surface area contributed by atoms with Gasteiger partial charge in [0.15, 0.2) is 5.58 Å². The van der Waals surface area contributed by atoms with E-state index >= 15 is 0 Å². The lowest BCUT2D eigenvalue weighted by Gasteiger charge is -2.33. The quantitative estimate of drug-likeness (QED) is 0.646. The molecule has 0 radical (unpaired) electrons. The van der Waals surface area contributed by atoms with Crippen molar-refractivity contribution in [1.82, 2.24) is 14.2 Å². The number of oxazole rings is 1. The van der Waals surface area contributed by atoms with Gasteiger partial charge in [-0.25, -0.2) is 13.4 Å². The van der Waals surface area contributed by atoms with E-state index in [9.17, 15) is 8.42 Å². The number of nitrogens with zero attached hydrogens (tertiary/aromatic N) is 3. The van der Waals surface area contributed by atoms with E-state index in [-0.39, 0.29) is 4.90 Å². The number of piperazine rings is 1. The van der Waals surface area contributed by atoms with Gasteiger partial charge in [-0.2, -0.15) is 4.31 Å². The Labute approximate surface area is 169 Å². The smallest absolute Gasteiger partial charge is 0.243 e. The van der Waals surface area contributed by atoms with Crippen LogP contribution in [-0.4, -0.2) is 48.8 Å². The van der Waals surface area contributed by atoms with E-state index in [0.29, 0.717) is 43.6 Å². The van der Waals surface area contributed by atoms with Crippen molar-refractivity contribution in [2.75, 3.05) is 26.2 Å². The van der Waals surface area contributed by atoms with Crippen LogP contribution in [0.3, 0.4) is 0 Å². The third-order valence-electron chi connectivity index (χ3n) is 5.06. The summed E-state index contributed by atoms with van der Waals surface area (Å²) in [4.78, 5) is 6.93. The van der Waals surface area contributed by atoms with Gasteiger partial charge in [-0.3, -0.25) is 4.90 Å². The maximum atomic E-state index is 12.9. The van der Waals surface area contributed by atoms with Crippen molar-refractivity contribution in [1.29, 1.82) is 0 Å². The van der Waals surface area contributed by atoms with Crippen molar-refractivity contribution < 1.29 is 12.8 Å². The average Bonchev–Trinajstić information content (AvgIpc) is 3.05. The first kappa shape index (κ1) is 19.4. The monoisotopic (exact) mass is 419 g/mol. The van der Waals surface area contributed by atoms with E-state index in [1.165, 1.54) is 10.4 Å². The molecular weight excluding hydrogens is 398 g/mol. The number of benzene rings is 2. The second-order valence-electron chi connectivity index (χ2n) is 7.17. The van der Waals surface area contributed by atoms with Gasteiger partial charge in [0.05, 0.1) is 11.4 Å². The summed E-state index contributed by atoms with van der Waals surface area (Å²) in [6.07, 6.45) is 0. The maximum absolute atomic E-state index is 12.9. The van der Waals surface area contributed by atoms with Crippen molar-refractivity contribution in [2.45, 2.75) is 25.3 Å². The lowest BCUT2D eigenvalue weighted by Crippen LogP contribution is -2.48. The fraction of sp³-hybridized carbons (Fsp3) is 0.350. The molecule has 1 aliphatic rings. The largest absolute Gasteiger partial charge is 0.439 e. The van der Waals surface area contributed by atoms with Crippen molar-refractivity contribution in [3.8, 4) is 0 Å². The third kappa shape index (κ3) is 3.80. The molecule has 8 heteroatoms. The summed E-state index contributed by atoms with van der Waals surface area (Å²) in [6, 6.07) is 10.8. The van der Waals surface area contributed by atoms with Gasteiger partial charge in [-0.15, -0.1) is 0 Å². The number of sulfonamides is 1. The summed E-state index contributed by atoms with van der Waals surface area (Å²) >= 11 is 6.11.